The molecule has 3 fully saturated rings. The molecule has 1 aromatic carbocycles. The Hall–Kier alpha value is -0.900. The second kappa shape index (κ2) is 7.07. The van der Waals surface area contributed by atoms with E-state index in [1.165, 1.54) is 23.1 Å². The molecule has 4 aliphatic carbocycles. The minimum absolute atomic E-state index is 0.00174. The summed E-state index contributed by atoms with van der Waals surface area (Å²) >= 11 is 3.51. The van der Waals surface area contributed by atoms with Gasteiger partial charge in [-0.2, -0.15) is 0 Å². The highest BCUT2D eigenvalue weighted by Crippen LogP contribution is 2.65. The van der Waals surface area contributed by atoms with Gasteiger partial charge < -0.3 is 10.2 Å². The molecule has 3 heteroatoms. The summed E-state index contributed by atoms with van der Waals surface area (Å²) < 4.78 is 1.09. The number of aliphatic hydroxyl groups is 2. The fourth-order valence-electron chi connectivity index (χ4n) is 7.41. The Labute approximate surface area is 183 Å². The van der Waals surface area contributed by atoms with Gasteiger partial charge in [0.15, 0.2) is 0 Å². The molecule has 0 spiro atoms. The van der Waals surface area contributed by atoms with Crippen LogP contribution in [-0.2, 0) is 0 Å². The Kier molecular flexibility index (Phi) is 4.88. The molecule has 0 heterocycles. The van der Waals surface area contributed by atoms with Crippen molar-refractivity contribution < 1.29 is 10.2 Å². The normalized spacial score (nSPS) is 45.3. The van der Waals surface area contributed by atoms with Gasteiger partial charge in [-0.15, -0.1) is 0 Å². The number of halogens is 1. The highest BCUT2D eigenvalue weighted by Gasteiger charge is 2.59. The molecule has 29 heavy (non-hydrogen) atoms. The van der Waals surface area contributed by atoms with Crippen molar-refractivity contribution in [2.45, 2.75) is 71.0 Å². The van der Waals surface area contributed by atoms with Crippen molar-refractivity contribution >= 4 is 22.0 Å². The second-order valence-corrected chi connectivity index (χ2v) is 11.5. The van der Waals surface area contributed by atoms with Crippen molar-refractivity contribution in [3.63, 3.8) is 0 Å². The van der Waals surface area contributed by atoms with E-state index in [1.807, 2.05) is 0 Å². The van der Waals surface area contributed by atoms with Crippen molar-refractivity contribution in [2.75, 3.05) is 0 Å². The third-order valence-electron chi connectivity index (χ3n) is 9.17. The fourth-order valence-corrected chi connectivity index (χ4v) is 7.68. The Morgan fingerprint density at radius 2 is 1.76 bits per heavy atom. The average Bonchev–Trinajstić information content (AvgIpc) is 2.95. The summed E-state index contributed by atoms with van der Waals surface area (Å²) in [4.78, 5) is 0. The fraction of sp³-hybridized carbons (Fsp3) is 0.615. The van der Waals surface area contributed by atoms with Crippen molar-refractivity contribution in [3.05, 3.63) is 51.5 Å². The first-order chi connectivity index (χ1) is 13.8. The molecule has 156 valence electrons. The topological polar surface area (TPSA) is 40.5 Å². The van der Waals surface area contributed by atoms with Crippen molar-refractivity contribution in [3.8, 4) is 0 Å². The summed E-state index contributed by atoms with van der Waals surface area (Å²) in [6, 6.07) is 8.40. The molecule has 0 aliphatic heterocycles. The van der Waals surface area contributed by atoms with Crippen molar-refractivity contribution in [1.82, 2.24) is 0 Å². The first kappa shape index (κ1) is 20.0. The van der Waals surface area contributed by atoms with Crippen LogP contribution in [0.2, 0.25) is 0 Å². The van der Waals surface area contributed by atoms with E-state index in [9.17, 15) is 10.2 Å². The van der Waals surface area contributed by atoms with Gasteiger partial charge in [0.05, 0.1) is 12.2 Å². The first-order valence-corrected chi connectivity index (χ1v) is 12.1. The molecule has 2 N–H and O–H groups in total. The van der Waals surface area contributed by atoms with E-state index in [1.54, 1.807) is 0 Å². The Bertz CT molecular complexity index is 856. The highest BCUT2D eigenvalue weighted by molar-refractivity contribution is 9.10. The first-order valence-electron chi connectivity index (χ1n) is 11.3. The van der Waals surface area contributed by atoms with Crippen LogP contribution in [0.15, 0.2) is 46.0 Å². The van der Waals surface area contributed by atoms with E-state index in [-0.39, 0.29) is 23.0 Å². The summed E-state index contributed by atoms with van der Waals surface area (Å²) in [6.07, 6.45) is 11.6. The number of benzene rings is 1. The smallest absolute Gasteiger partial charge is 0.0809 e. The zero-order chi connectivity index (χ0) is 20.4. The van der Waals surface area contributed by atoms with Crippen molar-refractivity contribution in [2.24, 2.45) is 28.6 Å². The largest absolute Gasteiger partial charge is 0.393 e. The Balaban J connectivity index is 1.46. The molecule has 0 radical (unpaired) electrons. The number of fused-ring (bicyclic) bond motifs is 5. The van der Waals surface area contributed by atoms with Crippen LogP contribution in [0.25, 0.3) is 6.08 Å². The third kappa shape index (κ3) is 3.11. The van der Waals surface area contributed by atoms with E-state index in [0.29, 0.717) is 17.8 Å². The minimum Gasteiger partial charge on any atom is -0.393 e. The van der Waals surface area contributed by atoms with Crippen LogP contribution in [0.1, 0.15) is 64.4 Å². The van der Waals surface area contributed by atoms with Gasteiger partial charge in [-0.3, -0.25) is 0 Å². The quantitative estimate of drug-likeness (QED) is 0.499. The van der Waals surface area contributed by atoms with Gasteiger partial charge in [0.25, 0.3) is 0 Å². The lowest BCUT2D eigenvalue weighted by atomic mass is 9.48. The highest BCUT2D eigenvalue weighted by atomic mass is 79.9. The summed E-state index contributed by atoms with van der Waals surface area (Å²) in [7, 11) is 0. The predicted octanol–water partition coefficient (Wildman–Crippen LogP) is 6.13. The van der Waals surface area contributed by atoms with Crippen LogP contribution in [0.5, 0.6) is 0 Å². The van der Waals surface area contributed by atoms with Crippen molar-refractivity contribution in [1.29, 1.82) is 0 Å². The Morgan fingerprint density at radius 1 is 1.00 bits per heavy atom. The van der Waals surface area contributed by atoms with Gasteiger partial charge in [-0.1, -0.05) is 59.6 Å². The summed E-state index contributed by atoms with van der Waals surface area (Å²) in [5, 5.41) is 21.5. The molecule has 0 aromatic heterocycles. The van der Waals surface area contributed by atoms with E-state index < -0.39 is 0 Å². The maximum Gasteiger partial charge on any atom is 0.0809 e. The predicted molar refractivity (Wildman–Crippen MR) is 121 cm³/mol. The van der Waals surface area contributed by atoms with Gasteiger partial charge >= 0.3 is 0 Å². The number of hydrogen-bond donors (Lipinski definition) is 2. The monoisotopic (exact) mass is 456 g/mol. The molecule has 5 rings (SSSR count). The SMILES string of the molecule is C[C@]12CC[C@H]3[C@@H](CC=C4C[C@@H](O)CC[C@@]43C)[C@@H]1C/C(=C\c1ccc(Br)cc1)[C@H]2O. The van der Waals surface area contributed by atoms with Crippen LogP contribution >= 0.6 is 15.9 Å². The molecular weight excluding hydrogens is 424 g/mol. The number of hydrogen-bond acceptors (Lipinski definition) is 2. The molecule has 0 saturated heterocycles. The maximum atomic E-state index is 11.4. The van der Waals surface area contributed by atoms with Crippen LogP contribution in [0.4, 0.5) is 0 Å². The number of aliphatic hydroxyl groups excluding tert-OH is 2. The number of rotatable bonds is 1. The summed E-state index contributed by atoms with van der Waals surface area (Å²) in [6.45, 7) is 4.81. The summed E-state index contributed by atoms with van der Waals surface area (Å²) in [5.41, 5.74) is 4.18. The molecular formula is C26H33BrO2. The molecule has 7 atom stereocenters. The van der Waals surface area contributed by atoms with E-state index in [4.69, 9.17) is 0 Å². The van der Waals surface area contributed by atoms with E-state index >= 15 is 0 Å². The van der Waals surface area contributed by atoms with Crippen LogP contribution in [0.3, 0.4) is 0 Å². The van der Waals surface area contributed by atoms with Gasteiger partial charge in [0.1, 0.15) is 0 Å². The molecule has 0 amide bonds. The zero-order valence-corrected chi connectivity index (χ0v) is 19.2. The average molecular weight is 457 g/mol. The second-order valence-electron chi connectivity index (χ2n) is 10.6. The minimum atomic E-state index is -0.330. The standard InChI is InChI=1S/C26H33BrO2/c1-25-11-9-20(28)15-18(25)5-8-21-22(25)10-12-26(2)23(21)14-17(24(26)29)13-16-3-6-19(27)7-4-16/h3-7,13,20-24,28-29H,8-12,14-15H2,1-2H3/b17-13+/t20-,21+,22-,23-,24+,25-,26-/m0/s1. The molecule has 2 nitrogen and oxygen atoms in total. The van der Waals surface area contributed by atoms with Gasteiger partial charge in [-0.05, 0) is 91.4 Å². The lowest BCUT2D eigenvalue weighted by Crippen LogP contribution is -2.51. The zero-order valence-electron chi connectivity index (χ0n) is 17.6. The molecule has 4 aliphatic rings. The van der Waals surface area contributed by atoms with Crippen LogP contribution < -0.4 is 0 Å². The maximum absolute atomic E-state index is 11.4. The molecule has 0 bridgehead atoms. The van der Waals surface area contributed by atoms with Crippen LogP contribution in [-0.4, -0.2) is 22.4 Å². The molecule has 1 aromatic rings. The Morgan fingerprint density at radius 3 is 2.52 bits per heavy atom. The molecule has 3 saturated carbocycles. The third-order valence-corrected chi connectivity index (χ3v) is 9.70. The van der Waals surface area contributed by atoms with Crippen LogP contribution in [0, 0.1) is 28.6 Å². The summed E-state index contributed by atoms with van der Waals surface area (Å²) in [5.74, 6) is 1.91. The lowest BCUT2D eigenvalue weighted by molar-refractivity contribution is -0.0685. The van der Waals surface area contributed by atoms with Gasteiger partial charge in [0.2, 0.25) is 0 Å². The van der Waals surface area contributed by atoms with E-state index in [2.05, 4.69) is 66.2 Å². The van der Waals surface area contributed by atoms with Gasteiger partial charge in [-0.25, -0.2) is 0 Å². The van der Waals surface area contributed by atoms with E-state index in [0.717, 1.165) is 43.0 Å². The van der Waals surface area contributed by atoms with Gasteiger partial charge in [0, 0.05) is 9.89 Å². The lowest BCUT2D eigenvalue weighted by Gasteiger charge is -2.57. The number of allylic oxidation sites excluding steroid dienone is 1. The molecule has 0 unspecified atom stereocenters.